The minimum absolute atomic E-state index is 0.0425. The first kappa shape index (κ1) is 22.5. The van der Waals surface area contributed by atoms with Gasteiger partial charge in [0.05, 0.1) is 33.0 Å². The molecule has 1 aliphatic rings. The van der Waals surface area contributed by atoms with Crippen LogP contribution in [0.5, 0.6) is 0 Å². The molecule has 2 aromatic carbocycles. The summed E-state index contributed by atoms with van der Waals surface area (Å²) in [7, 11) is 1.37. The number of aromatic nitrogens is 4. The van der Waals surface area contributed by atoms with Crippen LogP contribution in [0.4, 0.5) is 0 Å². The summed E-state index contributed by atoms with van der Waals surface area (Å²) in [6.07, 6.45) is 2.64. The summed E-state index contributed by atoms with van der Waals surface area (Å²) in [6.45, 7) is 0.717. The number of hydrogen-bond acceptors (Lipinski definition) is 5. The molecule has 0 radical (unpaired) electrons. The Balaban J connectivity index is 1.33. The summed E-state index contributed by atoms with van der Waals surface area (Å²) in [5.41, 5.74) is 3.33. The number of carbonyl (C=O) groups is 1. The molecule has 1 atom stereocenters. The van der Waals surface area contributed by atoms with Crippen molar-refractivity contribution in [2.75, 3.05) is 20.6 Å². The third-order valence-corrected chi connectivity index (χ3v) is 8.39. The SMILES string of the molecule is CN(C)S(=O)(=O)c1ccc2c(c1)nc(CCC(=O)N1CCCC1c1nc3ccccc3[nH]1)n2C. The van der Waals surface area contributed by atoms with Crippen LogP contribution in [0.1, 0.15) is 37.0 Å². The molecule has 10 heteroatoms. The summed E-state index contributed by atoms with van der Waals surface area (Å²) in [5.74, 6) is 1.66. The van der Waals surface area contributed by atoms with Crippen LogP contribution in [-0.4, -0.2) is 63.7 Å². The standard InChI is InChI=1S/C24H28N6O3S/c1-28(2)34(32,33)16-10-11-20-19(15-16)25-22(29(20)3)12-13-23(31)30-14-6-9-21(30)24-26-17-7-4-5-8-18(17)27-24/h4-5,7-8,10-11,15,21H,6,9,12-14H2,1-3H3,(H,26,27). The number of aryl methyl sites for hydroxylation is 2. The summed E-state index contributed by atoms with van der Waals surface area (Å²) < 4.78 is 28.0. The maximum Gasteiger partial charge on any atom is 0.242 e. The van der Waals surface area contributed by atoms with Gasteiger partial charge in [-0.15, -0.1) is 0 Å². The van der Waals surface area contributed by atoms with E-state index in [2.05, 4.69) is 9.97 Å². The van der Waals surface area contributed by atoms with Crippen LogP contribution in [0.25, 0.3) is 22.1 Å². The molecule has 3 heterocycles. The van der Waals surface area contributed by atoms with Crippen LogP contribution < -0.4 is 0 Å². The van der Waals surface area contributed by atoms with Gasteiger partial charge < -0.3 is 14.5 Å². The van der Waals surface area contributed by atoms with E-state index in [-0.39, 0.29) is 16.8 Å². The van der Waals surface area contributed by atoms with Gasteiger partial charge in [0.15, 0.2) is 0 Å². The number of carbonyl (C=O) groups excluding carboxylic acids is 1. The lowest BCUT2D eigenvalue weighted by molar-refractivity contribution is -0.132. The molecule has 1 aliphatic heterocycles. The van der Waals surface area contributed by atoms with E-state index in [0.717, 1.165) is 47.6 Å². The van der Waals surface area contributed by atoms with Crippen LogP contribution in [0.15, 0.2) is 47.4 Å². The summed E-state index contributed by atoms with van der Waals surface area (Å²) >= 11 is 0. The van der Waals surface area contributed by atoms with E-state index in [1.54, 1.807) is 18.2 Å². The molecule has 0 aliphatic carbocycles. The second-order valence-corrected chi connectivity index (χ2v) is 11.1. The molecule has 1 unspecified atom stereocenters. The largest absolute Gasteiger partial charge is 0.340 e. The van der Waals surface area contributed by atoms with E-state index in [9.17, 15) is 13.2 Å². The van der Waals surface area contributed by atoms with Crippen molar-refractivity contribution in [1.82, 2.24) is 28.7 Å². The minimum Gasteiger partial charge on any atom is -0.340 e. The van der Waals surface area contributed by atoms with Crippen LogP contribution in [0.2, 0.25) is 0 Å². The Morgan fingerprint density at radius 2 is 1.94 bits per heavy atom. The van der Waals surface area contributed by atoms with Gasteiger partial charge in [0, 0.05) is 40.5 Å². The van der Waals surface area contributed by atoms with Crippen LogP contribution in [-0.2, 0) is 28.3 Å². The van der Waals surface area contributed by atoms with Gasteiger partial charge in [-0.05, 0) is 43.2 Å². The third-order valence-electron chi connectivity index (χ3n) is 6.58. The summed E-state index contributed by atoms with van der Waals surface area (Å²) in [6, 6.07) is 12.8. The molecule has 34 heavy (non-hydrogen) atoms. The maximum absolute atomic E-state index is 13.2. The highest BCUT2D eigenvalue weighted by Crippen LogP contribution is 2.32. The average molecular weight is 481 g/mol. The Labute approximate surface area is 198 Å². The average Bonchev–Trinajstić information content (AvgIpc) is 3.54. The molecule has 0 spiro atoms. The van der Waals surface area contributed by atoms with Gasteiger partial charge in [-0.2, -0.15) is 0 Å². The number of imidazole rings is 2. The van der Waals surface area contributed by atoms with Gasteiger partial charge in [0.25, 0.3) is 0 Å². The monoisotopic (exact) mass is 480 g/mol. The molecule has 1 amide bonds. The number of amides is 1. The molecule has 178 valence electrons. The molecule has 9 nitrogen and oxygen atoms in total. The van der Waals surface area contributed by atoms with Crippen LogP contribution in [0, 0.1) is 0 Å². The first-order valence-corrected chi connectivity index (χ1v) is 12.8. The maximum atomic E-state index is 13.2. The number of fused-ring (bicyclic) bond motifs is 2. The molecule has 5 rings (SSSR count). The smallest absolute Gasteiger partial charge is 0.242 e. The Hall–Kier alpha value is -3.24. The van der Waals surface area contributed by atoms with Crippen molar-refractivity contribution in [2.24, 2.45) is 7.05 Å². The van der Waals surface area contributed by atoms with Crippen molar-refractivity contribution < 1.29 is 13.2 Å². The third kappa shape index (κ3) is 3.86. The van der Waals surface area contributed by atoms with Gasteiger partial charge in [-0.1, -0.05) is 12.1 Å². The normalized spacial score (nSPS) is 16.8. The number of H-pyrrole nitrogens is 1. The first-order chi connectivity index (χ1) is 16.3. The Morgan fingerprint density at radius 1 is 1.15 bits per heavy atom. The number of aromatic amines is 1. The lowest BCUT2D eigenvalue weighted by Gasteiger charge is -2.23. The Kier molecular flexibility index (Phi) is 5.65. The summed E-state index contributed by atoms with van der Waals surface area (Å²) in [5, 5.41) is 0. The van der Waals surface area contributed by atoms with Gasteiger partial charge in [0.1, 0.15) is 11.6 Å². The number of sulfonamides is 1. The van der Waals surface area contributed by atoms with Crippen molar-refractivity contribution in [1.29, 1.82) is 0 Å². The molecule has 1 N–H and O–H groups in total. The van der Waals surface area contributed by atoms with E-state index in [4.69, 9.17) is 4.98 Å². The molecular weight excluding hydrogens is 452 g/mol. The zero-order chi connectivity index (χ0) is 24.0. The van der Waals surface area contributed by atoms with Gasteiger partial charge in [-0.25, -0.2) is 22.7 Å². The molecule has 0 bridgehead atoms. The fourth-order valence-corrected chi connectivity index (χ4v) is 5.59. The quantitative estimate of drug-likeness (QED) is 0.457. The summed E-state index contributed by atoms with van der Waals surface area (Å²) in [4.78, 5) is 28.0. The minimum atomic E-state index is -3.54. The molecule has 1 fully saturated rings. The number of nitrogens with zero attached hydrogens (tertiary/aromatic N) is 5. The van der Waals surface area contributed by atoms with Gasteiger partial charge in [0.2, 0.25) is 15.9 Å². The van der Waals surface area contributed by atoms with Crippen molar-refractivity contribution in [3.05, 3.63) is 54.1 Å². The molecular formula is C24H28N6O3S. The van der Waals surface area contributed by atoms with Crippen LogP contribution >= 0.6 is 0 Å². The van der Waals surface area contributed by atoms with Crippen LogP contribution in [0.3, 0.4) is 0 Å². The van der Waals surface area contributed by atoms with Crippen molar-refractivity contribution in [3.8, 4) is 0 Å². The predicted octanol–water partition coefficient (Wildman–Crippen LogP) is 3.00. The van der Waals surface area contributed by atoms with Crippen molar-refractivity contribution >= 4 is 38.0 Å². The second kappa shape index (κ2) is 8.52. The van der Waals surface area contributed by atoms with Crippen molar-refractivity contribution in [3.63, 3.8) is 0 Å². The molecule has 1 saturated heterocycles. The number of rotatable bonds is 6. The van der Waals surface area contributed by atoms with E-state index >= 15 is 0 Å². The van der Waals surface area contributed by atoms with E-state index in [1.165, 1.54) is 18.4 Å². The Morgan fingerprint density at radius 3 is 2.71 bits per heavy atom. The zero-order valence-corrected chi connectivity index (χ0v) is 20.3. The predicted molar refractivity (Wildman–Crippen MR) is 130 cm³/mol. The highest BCUT2D eigenvalue weighted by Gasteiger charge is 2.32. The molecule has 4 aromatic rings. The fourth-order valence-electron chi connectivity index (χ4n) is 4.67. The van der Waals surface area contributed by atoms with Crippen molar-refractivity contribution in [2.45, 2.75) is 36.6 Å². The van der Waals surface area contributed by atoms with Gasteiger partial charge >= 0.3 is 0 Å². The molecule has 0 saturated carbocycles. The number of para-hydroxylation sites is 2. The molecule has 2 aromatic heterocycles. The lowest BCUT2D eigenvalue weighted by atomic mass is 10.2. The van der Waals surface area contributed by atoms with E-state index < -0.39 is 10.0 Å². The van der Waals surface area contributed by atoms with E-state index in [1.807, 2.05) is 40.8 Å². The fraction of sp³-hybridized carbons (Fsp3) is 0.375. The number of benzene rings is 2. The van der Waals surface area contributed by atoms with Gasteiger partial charge in [-0.3, -0.25) is 4.79 Å². The number of nitrogens with one attached hydrogen (secondary N) is 1. The van der Waals surface area contributed by atoms with E-state index in [0.29, 0.717) is 18.4 Å². The lowest BCUT2D eigenvalue weighted by Crippen LogP contribution is -2.31. The highest BCUT2D eigenvalue weighted by atomic mass is 32.2. The number of hydrogen-bond donors (Lipinski definition) is 1. The topological polar surface area (TPSA) is 104 Å². The zero-order valence-electron chi connectivity index (χ0n) is 19.5. The number of likely N-dealkylation sites (tertiary alicyclic amines) is 1. The second-order valence-electron chi connectivity index (χ2n) is 8.91. The Bertz CT molecular complexity index is 1450. The first-order valence-electron chi connectivity index (χ1n) is 11.4. The highest BCUT2D eigenvalue weighted by molar-refractivity contribution is 7.89.